The van der Waals surface area contributed by atoms with Gasteiger partial charge in [-0.25, -0.2) is 9.38 Å². The van der Waals surface area contributed by atoms with E-state index in [9.17, 15) is 14.3 Å². The number of primary amides is 1. The van der Waals surface area contributed by atoms with Crippen LogP contribution in [0.1, 0.15) is 27.2 Å². The summed E-state index contributed by atoms with van der Waals surface area (Å²) in [4.78, 5) is 16.0. The molecule has 0 unspecified atom stereocenters. The molecule has 0 fully saturated rings. The van der Waals surface area contributed by atoms with Gasteiger partial charge in [-0.05, 0) is 47.5 Å². The number of nitrogens with two attached hydrogens (primary N) is 1. The molecule has 0 aliphatic rings. The summed E-state index contributed by atoms with van der Waals surface area (Å²) in [7, 11) is 0. The number of phenolic OH excluding ortho intramolecular Hbond substituents is 1. The molecule has 1 amide bonds. The molecule has 0 saturated carbocycles. The smallest absolute Gasteiger partial charge is 0.254 e. The third-order valence-electron chi connectivity index (χ3n) is 3.66. The molecule has 0 saturated heterocycles. The van der Waals surface area contributed by atoms with Crippen molar-refractivity contribution in [2.75, 3.05) is 0 Å². The van der Waals surface area contributed by atoms with Gasteiger partial charge < -0.3 is 10.8 Å². The van der Waals surface area contributed by atoms with Gasteiger partial charge in [0.25, 0.3) is 5.91 Å². The third kappa shape index (κ3) is 3.89. The van der Waals surface area contributed by atoms with Crippen LogP contribution in [0.5, 0.6) is 5.75 Å². The minimum Gasteiger partial charge on any atom is -0.508 e. The van der Waals surface area contributed by atoms with Gasteiger partial charge in [-0.1, -0.05) is 17.7 Å². The highest BCUT2D eigenvalue weighted by Crippen LogP contribution is 2.24. The Morgan fingerprint density at radius 1 is 1.31 bits per heavy atom. The molecule has 0 bridgehead atoms. The number of nitrogens with zero attached hydrogens (tertiary/aromatic N) is 2. The van der Waals surface area contributed by atoms with E-state index in [1.54, 1.807) is 18.2 Å². The van der Waals surface area contributed by atoms with Crippen molar-refractivity contribution in [2.45, 2.75) is 6.42 Å². The fraction of sp³-hybridized carbons (Fsp3) is 0.0556. The molecule has 8 heteroatoms. The van der Waals surface area contributed by atoms with E-state index >= 15 is 0 Å². The Morgan fingerprint density at radius 3 is 2.69 bits per heavy atom. The normalized spacial score (nSPS) is 11.2. The molecule has 2 aromatic carbocycles. The standard InChI is InChI=1S/C18H14ClFN4O2/c19-13-7-11(3-6-14(13)20)8-15-16(17(21)26)18(24-23-15)22-9-10-1-4-12(25)5-2-10/h1-7,9,25H,8H2,(H2,21,26)(H,23,24). The number of rotatable bonds is 5. The van der Waals surface area contributed by atoms with E-state index in [1.807, 2.05) is 0 Å². The minimum absolute atomic E-state index is 0.00628. The van der Waals surface area contributed by atoms with Crippen LogP contribution in [0.4, 0.5) is 10.2 Å². The number of halogens is 2. The van der Waals surface area contributed by atoms with Gasteiger partial charge >= 0.3 is 0 Å². The van der Waals surface area contributed by atoms with Crippen LogP contribution in [0.2, 0.25) is 5.02 Å². The molecule has 3 aromatic rings. The second-order valence-corrected chi connectivity index (χ2v) is 5.95. The first-order valence-electron chi connectivity index (χ1n) is 7.58. The Kier molecular flexibility index (Phi) is 4.99. The monoisotopic (exact) mass is 372 g/mol. The lowest BCUT2D eigenvalue weighted by atomic mass is 10.1. The zero-order chi connectivity index (χ0) is 18.7. The molecule has 1 heterocycles. The number of aromatic amines is 1. The van der Waals surface area contributed by atoms with Crippen LogP contribution in [0.25, 0.3) is 0 Å². The lowest BCUT2D eigenvalue weighted by Crippen LogP contribution is -2.13. The number of H-pyrrole nitrogens is 1. The number of carbonyl (C=O) groups is 1. The Labute approximate surface area is 153 Å². The largest absolute Gasteiger partial charge is 0.508 e. The van der Waals surface area contributed by atoms with Gasteiger partial charge in [-0.15, -0.1) is 0 Å². The second kappa shape index (κ2) is 7.37. The second-order valence-electron chi connectivity index (χ2n) is 5.54. The number of hydrogen-bond donors (Lipinski definition) is 3. The number of nitrogens with one attached hydrogen (secondary N) is 1. The van der Waals surface area contributed by atoms with Gasteiger partial charge in [0, 0.05) is 12.6 Å². The average Bonchev–Trinajstić information content (AvgIpc) is 3.00. The Balaban J connectivity index is 1.89. The molecule has 1 aromatic heterocycles. The molecule has 0 aliphatic heterocycles. The van der Waals surface area contributed by atoms with Gasteiger partial charge in [0.15, 0.2) is 5.82 Å². The van der Waals surface area contributed by atoms with Gasteiger partial charge in [0.05, 0.1) is 10.7 Å². The van der Waals surface area contributed by atoms with Crippen molar-refractivity contribution >= 4 is 29.5 Å². The molecule has 0 aliphatic carbocycles. The fourth-order valence-electron chi connectivity index (χ4n) is 2.40. The van der Waals surface area contributed by atoms with Crippen LogP contribution < -0.4 is 5.73 Å². The highest BCUT2D eigenvalue weighted by atomic mass is 35.5. The summed E-state index contributed by atoms with van der Waals surface area (Å²) in [6.45, 7) is 0. The van der Waals surface area contributed by atoms with E-state index < -0.39 is 11.7 Å². The number of aromatic hydroxyl groups is 1. The van der Waals surface area contributed by atoms with Crippen molar-refractivity contribution < 1.29 is 14.3 Å². The molecule has 6 nitrogen and oxygen atoms in total. The van der Waals surface area contributed by atoms with E-state index in [2.05, 4.69) is 15.2 Å². The van der Waals surface area contributed by atoms with Crippen molar-refractivity contribution in [3.8, 4) is 5.75 Å². The molecular formula is C18H14ClFN4O2. The van der Waals surface area contributed by atoms with Crippen molar-refractivity contribution in [1.29, 1.82) is 0 Å². The lowest BCUT2D eigenvalue weighted by molar-refractivity contribution is 0.100. The Morgan fingerprint density at radius 2 is 2.04 bits per heavy atom. The number of benzene rings is 2. The highest BCUT2D eigenvalue weighted by Gasteiger charge is 2.18. The number of phenols is 1. The number of amides is 1. The summed E-state index contributed by atoms with van der Waals surface area (Å²) in [6.07, 6.45) is 1.76. The van der Waals surface area contributed by atoms with Crippen LogP contribution in [0, 0.1) is 5.82 Å². The van der Waals surface area contributed by atoms with E-state index in [-0.39, 0.29) is 28.6 Å². The maximum atomic E-state index is 13.3. The van der Waals surface area contributed by atoms with Gasteiger partial charge in [0.1, 0.15) is 17.1 Å². The summed E-state index contributed by atoms with van der Waals surface area (Å²) >= 11 is 5.78. The van der Waals surface area contributed by atoms with Crippen LogP contribution in [-0.4, -0.2) is 27.4 Å². The number of aliphatic imine (C=N–C) groups is 1. The molecule has 0 radical (unpaired) electrons. The minimum atomic E-state index is -0.681. The molecule has 0 atom stereocenters. The maximum absolute atomic E-state index is 13.3. The van der Waals surface area contributed by atoms with Crippen LogP contribution in [0.15, 0.2) is 47.5 Å². The van der Waals surface area contributed by atoms with Gasteiger partial charge in [-0.3, -0.25) is 9.89 Å². The molecule has 3 rings (SSSR count). The van der Waals surface area contributed by atoms with Crippen molar-refractivity contribution in [1.82, 2.24) is 10.2 Å². The predicted octanol–water partition coefficient (Wildman–Crippen LogP) is 3.35. The van der Waals surface area contributed by atoms with Crippen LogP contribution >= 0.6 is 11.6 Å². The quantitative estimate of drug-likeness (QED) is 0.598. The first kappa shape index (κ1) is 17.6. The molecular weight excluding hydrogens is 359 g/mol. The Bertz CT molecular complexity index is 983. The predicted molar refractivity (Wildman–Crippen MR) is 96.7 cm³/mol. The summed E-state index contributed by atoms with van der Waals surface area (Å²) in [5.41, 5.74) is 7.48. The third-order valence-corrected chi connectivity index (χ3v) is 3.95. The van der Waals surface area contributed by atoms with Crippen molar-refractivity contribution in [3.05, 3.63) is 75.7 Å². The van der Waals surface area contributed by atoms with Gasteiger partial charge in [0.2, 0.25) is 0 Å². The maximum Gasteiger partial charge on any atom is 0.254 e. The van der Waals surface area contributed by atoms with E-state index in [4.69, 9.17) is 17.3 Å². The molecule has 0 spiro atoms. The number of hydrogen-bond acceptors (Lipinski definition) is 4. The first-order chi connectivity index (χ1) is 12.4. The van der Waals surface area contributed by atoms with E-state index in [1.165, 1.54) is 30.5 Å². The summed E-state index contributed by atoms with van der Waals surface area (Å²) in [5, 5.41) is 16.0. The fourth-order valence-corrected chi connectivity index (χ4v) is 2.60. The van der Waals surface area contributed by atoms with E-state index in [0.717, 1.165) is 0 Å². The van der Waals surface area contributed by atoms with Gasteiger partial charge in [-0.2, -0.15) is 5.10 Å². The zero-order valence-corrected chi connectivity index (χ0v) is 14.2. The summed E-state index contributed by atoms with van der Waals surface area (Å²) in [6, 6.07) is 10.7. The summed E-state index contributed by atoms with van der Waals surface area (Å²) < 4.78 is 13.3. The first-order valence-corrected chi connectivity index (χ1v) is 7.96. The summed E-state index contributed by atoms with van der Waals surface area (Å²) in [5.74, 6) is -0.914. The SMILES string of the molecule is NC(=O)c1c(N=Cc2ccc(O)cc2)n[nH]c1Cc1ccc(F)c(Cl)c1. The lowest BCUT2D eigenvalue weighted by Gasteiger charge is -2.03. The zero-order valence-electron chi connectivity index (χ0n) is 13.4. The topological polar surface area (TPSA) is 104 Å². The Hall–Kier alpha value is -3.19. The van der Waals surface area contributed by atoms with E-state index in [0.29, 0.717) is 16.8 Å². The molecule has 132 valence electrons. The molecule has 4 N–H and O–H groups in total. The average molecular weight is 373 g/mol. The highest BCUT2D eigenvalue weighted by molar-refractivity contribution is 6.30. The van der Waals surface area contributed by atoms with Crippen LogP contribution in [-0.2, 0) is 6.42 Å². The molecule has 26 heavy (non-hydrogen) atoms. The number of carbonyl (C=O) groups excluding carboxylic acids is 1. The van der Waals surface area contributed by atoms with Crippen molar-refractivity contribution in [2.24, 2.45) is 10.7 Å². The number of aromatic nitrogens is 2. The van der Waals surface area contributed by atoms with Crippen molar-refractivity contribution in [3.63, 3.8) is 0 Å². The van der Waals surface area contributed by atoms with Crippen LogP contribution in [0.3, 0.4) is 0 Å².